The van der Waals surface area contributed by atoms with E-state index < -0.39 is 0 Å². The van der Waals surface area contributed by atoms with Crippen LogP contribution in [-0.2, 0) is 33.1 Å². The van der Waals surface area contributed by atoms with Crippen molar-refractivity contribution < 1.29 is 4.79 Å². The smallest absolute Gasteiger partial charge is 0.254 e. The average Bonchev–Trinajstić information content (AvgIpc) is 3.62. The van der Waals surface area contributed by atoms with Crippen LogP contribution in [0.2, 0.25) is 0 Å². The van der Waals surface area contributed by atoms with Gasteiger partial charge in [-0.2, -0.15) is 5.10 Å². The molecule has 0 saturated carbocycles. The number of aromatic nitrogens is 4. The Morgan fingerprint density at radius 1 is 1.13 bits per heavy atom. The number of hydrogen-bond acceptors (Lipinski definition) is 4. The van der Waals surface area contributed by atoms with E-state index >= 15 is 0 Å². The number of nitrogens with zero attached hydrogens (tertiary/aromatic N) is 5. The Morgan fingerprint density at radius 2 is 1.97 bits per heavy atom. The first-order chi connectivity index (χ1) is 18.8. The maximum absolute atomic E-state index is 14.0. The molecule has 2 aliphatic rings. The average molecular weight is 523 g/mol. The highest BCUT2D eigenvalue weighted by atomic mass is 16.2. The Morgan fingerprint density at radius 3 is 2.67 bits per heavy atom. The molecular formula is C32H38N6O. The molecule has 0 unspecified atom stereocenters. The van der Waals surface area contributed by atoms with Crippen LogP contribution >= 0.6 is 0 Å². The van der Waals surface area contributed by atoms with E-state index in [4.69, 9.17) is 4.98 Å². The molecule has 5 heterocycles. The minimum atomic E-state index is 0.0573. The first kappa shape index (κ1) is 25.6. The molecule has 39 heavy (non-hydrogen) atoms. The zero-order valence-electron chi connectivity index (χ0n) is 23.7. The maximum Gasteiger partial charge on any atom is 0.254 e. The molecule has 2 aliphatic heterocycles. The van der Waals surface area contributed by atoms with Crippen LogP contribution in [0.1, 0.15) is 65.9 Å². The molecule has 0 saturated heterocycles. The lowest BCUT2D eigenvalue weighted by molar-refractivity contribution is 0.0748. The van der Waals surface area contributed by atoms with Gasteiger partial charge in [-0.05, 0) is 62.1 Å². The Bertz CT molecular complexity index is 1600. The van der Waals surface area contributed by atoms with Crippen molar-refractivity contribution in [3.63, 3.8) is 0 Å². The van der Waals surface area contributed by atoms with Crippen LogP contribution in [0.25, 0.3) is 27.6 Å². The number of aryl methyl sites for hydroxylation is 3. The zero-order valence-corrected chi connectivity index (χ0v) is 23.7. The van der Waals surface area contributed by atoms with Gasteiger partial charge in [0.1, 0.15) is 0 Å². The van der Waals surface area contributed by atoms with Crippen LogP contribution < -0.4 is 5.32 Å². The Labute approximate surface area is 230 Å². The molecule has 3 aromatic heterocycles. The quantitative estimate of drug-likeness (QED) is 0.363. The second kappa shape index (κ2) is 10.1. The number of benzene rings is 1. The fourth-order valence-corrected chi connectivity index (χ4v) is 6.11. The molecule has 6 rings (SSSR count). The molecule has 1 N–H and O–H groups in total. The molecule has 0 bridgehead atoms. The number of hydrogen-bond donors (Lipinski definition) is 1. The van der Waals surface area contributed by atoms with Crippen LogP contribution in [0.3, 0.4) is 0 Å². The first-order valence-electron chi connectivity index (χ1n) is 14.2. The molecule has 7 heteroatoms. The molecule has 0 fully saturated rings. The summed E-state index contributed by atoms with van der Waals surface area (Å²) >= 11 is 0. The minimum absolute atomic E-state index is 0.0573. The molecule has 0 radical (unpaired) electrons. The van der Waals surface area contributed by atoms with Gasteiger partial charge in [0.25, 0.3) is 5.91 Å². The molecule has 7 nitrogen and oxygen atoms in total. The zero-order chi connectivity index (χ0) is 27.3. The number of amides is 1. The summed E-state index contributed by atoms with van der Waals surface area (Å²) in [4.78, 5) is 20.8. The predicted octanol–water partition coefficient (Wildman–Crippen LogP) is 5.50. The molecular weight excluding hydrogens is 484 g/mol. The lowest BCUT2D eigenvalue weighted by atomic mass is 9.97. The highest BCUT2D eigenvalue weighted by Crippen LogP contribution is 2.37. The van der Waals surface area contributed by atoms with E-state index in [0.29, 0.717) is 19.0 Å². The molecule has 202 valence electrons. The number of carbonyl (C=O) groups is 1. The molecule has 4 aromatic rings. The monoisotopic (exact) mass is 522 g/mol. The summed E-state index contributed by atoms with van der Waals surface area (Å²) in [6.45, 7) is 12.7. The van der Waals surface area contributed by atoms with Gasteiger partial charge in [0, 0.05) is 71.4 Å². The van der Waals surface area contributed by atoms with Gasteiger partial charge in [-0.25, -0.2) is 0 Å². The number of pyridine rings is 1. The van der Waals surface area contributed by atoms with E-state index in [1.54, 1.807) is 0 Å². The standard InChI is InChI=1S/C32H38N6O/c1-6-26-9-10-27(21(4)35-26)28-13-24(32(39)37-18-25-16-34-36(5)30(25)19-37)12-23-14-29(22-8-7-11-33-15-22)38(31(23)28)17-20(2)3/h8-10,12-14,16,20,33H,6-7,11,15,17-19H2,1-5H3. The van der Waals surface area contributed by atoms with Crippen molar-refractivity contribution in [2.75, 3.05) is 13.1 Å². The van der Waals surface area contributed by atoms with Gasteiger partial charge in [0.2, 0.25) is 0 Å². The molecule has 1 aromatic carbocycles. The van der Waals surface area contributed by atoms with Gasteiger partial charge >= 0.3 is 0 Å². The van der Waals surface area contributed by atoms with Crippen molar-refractivity contribution >= 4 is 22.4 Å². The third-order valence-electron chi connectivity index (χ3n) is 8.08. The van der Waals surface area contributed by atoms with Crippen molar-refractivity contribution in [2.24, 2.45) is 13.0 Å². The van der Waals surface area contributed by atoms with Crippen molar-refractivity contribution in [1.82, 2.24) is 29.5 Å². The number of rotatable bonds is 6. The maximum atomic E-state index is 14.0. The molecule has 1 amide bonds. The highest BCUT2D eigenvalue weighted by molar-refractivity contribution is 6.05. The van der Waals surface area contributed by atoms with E-state index in [1.165, 1.54) is 16.8 Å². The number of nitrogens with one attached hydrogen (secondary N) is 1. The van der Waals surface area contributed by atoms with Crippen molar-refractivity contribution in [2.45, 2.75) is 60.2 Å². The van der Waals surface area contributed by atoms with E-state index in [0.717, 1.165) is 77.2 Å². The third kappa shape index (κ3) is 4.59. The fourth-order valence-electron chi connectivity index (χ4n) is 6.11. The minimum Gasteiger partial charge on any atom is -0.340 e. The predicted molar refractivity (Wildman–Crippen MR) is 156 cm³/mol. The van der Waals surface area contributed by atoms with Crippen molar-refractivity contribution in [3.8, 4) is 11.1 Å². The summed E-state index contributed by atoms with van der Waals surface area (Å²) in [5.41, 5.74) is 11.0. The SMILES string of the molecule is CCc1ccc(-c2cc(C(=O)N3Cc4cnn(C)c4C3)cc3cc(C4=CCCNC4)n(CC(C)C)c23)c(C)n1. The Kier molecular flexibility index (Phi) is 6.63. The van der Waals surface area contributed by atoms with E-state index in [1.807, 2.05) is 22.8 Å². The van der Waals surface area contributed by atoms with Crippen LogP contribution in [0.5, 0.6) is 0 Å². The molecule has 0 atom stereocenters. The number of fused-ring (bicyclic) bond motifs is 2. The van der Waals surface area contributed by atoms with Crippen molar-refractivity contribution in [3.05, 3.63) is 76.5 Å². The fraction of sp³-hybridized carbons (Fsp3) is 0.406. The van der Waals surface area contributed by atoms with Crippen LogP contribution in [0.15, 0.2) is 42.6 Å². The molecule has 0 aliphatic carbocycles. The topological polar surface area (TPSA) is 68.0 Å². The third-order valence-corrected chi connectivity index (χ3v) is 8.08. The Hall–Kier alpha value is -3.71. The second-order valence-corrected chi connectivity index (χ2v) is 11.4. The summed E-state index contributed by atoms with van der Waals surface area (Å²) < 4.78 is 4.36. The van der Waals surface area contributed by atoms with E-state index in [-0.39, 0.29) is 5.91 Å². The highest BCUT2D eigenvalue weighted by Gasteiger charge is 2.29. The first-order valence-corrected chi connectivity index (χ1v) is 14.2. The van der Waals surface area contributed by atoms with Gasteiger partial charge in [0.15, 0.2) is 0 Å². The normalized spacial score (nSPS) is 15.3. The number of carbonyl (C=O) groups excluding carboxylic acids is 1. The summed E-state index contributed by atoms with van der Waals surface area (Å²) in [5.74, 6) is 0.533. The van der Waals surface area contributed by atoms with Gasteiger partial charge in [-0.1, -0.05) is 32.9 Å². The molecule has 0 spiro atoms. The summed E-state index contributed by atoms with van der Waals surface area (Å²) in [6.07, 6.45) is 6.17. The summed E-state index contributed by atoms with van der Waals surface area (Å²) in [6, 6.07) is 10.8. The van der Waals surface area contributed by atoms with Crippen LogP contribution in [0.4, 0.5) is 0 Å². The van der Waals surface area contributed by atoms with Gasteiger partial charge < -0.3 is 14.8 Å². The summed E-state index contributed by atoms with van der Waals surface area (Å²) in [5, 5.41) is 9.01. The lowest BCUT2D eigenvalue weighted by Crippen LogP contribution is -2.26. The van der Waals surface area contributed by atoms with Crippen LogP contribution in [0, 0.1) is 12.8 Å². The van der Waals surface area contributed by atoms with E-state index in [2.05, 4.69) is 79.1 Å². The largest absolute Gasteiger partial charge is 0.340 e. The Balaban J connectivity index is 1.55. The van der Waals surface area contributed by atoms with Crippen LogP contribution in [-0.4, -0.2) is 43.2 Å². The van der Waals surface area contributed by atoms with Gasteiger partial charge in [-0.3, -0.25) is 14.5 Å². The lowest BCUT2D eigenvalue weighted by Gasteiger charge is -2.21. The van der Waals surface area contributed by atoms with Gasteiger partial charge in [-0.15, -0.1) is 0 Å². The van der Waals surface area contributed by atoms with E-state index in [9.17, 15) is 4.79 Å². The van der Waals surface area contributed by atoms with Crippen molar-refractivity contribution in [1.29, 1.82) is 0 Å². The second-order valence-electron chi connectivity index (χ2n) is 11.4. The van der Waals surface area contributed by atoms with Gasteiger partial charge in [0.05, 0.1) is 24.0 Å². The summed E-state index contributed by atoms with van der Waals surface area (Å²) in [7, 11) is 1.94.